The monoisotopic (exact) mass is 228 g/mol. The Hall–Kier alpha value is -0.0800. The van der Waals surface area contributed by atoms with Crippen LogP contribution in [0.4, 0.5) is 0 Å². The summed E-state index contributed by atoms with van der Waals surface area (Å²) in [6, 6.07) is 1.43. The Kier molecular flexibility index (Phi) is 8.96. The summed E-state index contributed by atoms with van der Waals surface area (Å²) in [6.45, 7) is 13.7. The predicted molar refractivity (Wildman–Crippen MR) is 73.9 cm³/mol. The fourth-order valence-electron chi connectivity index (χ4n) is 2.13. The average molecular weight is 228 g/mol. The number of rotatable bonds is 9. The standard InChI is InChI=1S/C14H32N2/c1-7-14(8-2)16(6)13(5)9-10-15-11-12(3)4/h12-15H,7-11H2,1-6H3. The van der Waals surface area contributed by atoms with E-state index in [9.17, 15) is 0 Å². The molecular weight excluding hydrogens is 196 g/mol. The minimum Gasteiger partial charge on any atom is -0.316 e. The highest BCUT2D eigenvalue weighted by Gasteiger charge is 2.15. The van der Waals surface area contributed by atoms with Crippen molar-refractivity contribution >= 4 is 0 Å². The van der Waals surface area contributed by atoms with Crippen molar-refractivity contribution in [3.63, 3.8) is 0 Å². The van der Waals surface area contributed by atoms with Gasteiger partial charge >= 0.3 is 0 Å². The lowest BCUT2D eigenvalue weighted by atomic mass is 10.1. The fraction of sp³-hybridized carbons (Fsp3) is 1.00. The second-order valence-electron chi connectivity index (χ2n) is 5.37. The van der Waals surface area contributed by atoms with Gasteiger partial charge in [-0.25, -0.2) is 0 Å². The predicted octanol–water partition coefficient (Wildman–Crippen LogP) is 3.13. The van der Waals surface area contributed by atoms with Gasteiger partial charge in [0.25, 0.3) is 0 Å². The summed E-state index contributed by atoms with van der Waals surface area (Å²) in [5.74, 6) is 0.757. The Morgan fingerprint density at radius 3 is 2.06 bits per heavy atom. The molecule has 0 aromatic carbocycles. The van der Waals surface area contributed by atoms with E-state index in [1.165, 1.54) is 19.3 Å². The second-order valence-corrected chi connectivity index (χ2v) is 5.37. The van der Waals surface area contributed by atoms with E-state index in [4.69, 9.17) is 0 Å². The molecule has 2 heteroatoms. The smallest absolute Gasteiger partial charge is 0.00897 e. The zero-order chi connectivity index (χ0) is 12.6. The maximum absolute atomic E-state index is 3.52. The summed E-state index contributed by atoms with van der Waals surface area (Å²) in [4.78, 5) is 2.54. The van der Waals surface area contributed by atoms with Crippen LogP contribution < -0.4 is 5.32 Å². The van der Waals surface area contributed by atoms with Gasteiger partial charge in [0.05, 0.1) is 0 Å². The van der Waals surface area contributed by atoms with Gasteiger partial charge in [-0.15, -0.1) is 0 Å². The van der Waals surface area contributed by atoms with Crippen LogP contribution in [0.5, 0.6) is 0 Å². The van der Waals surface area contributed by atoms with Crippen LogP contribution in [0.3, 0.4) is 0 Å². The first-order valence-corrected chi connectivity index (χ1v) is 6.95. The van der Waals surface area contributed by atoms with Crippen LogP contribution in [0, 0.1) is 5.92 Å². The first kappa shape index (κ1) is 15.9. The molecule has 0 amide bonds. The van der Waals surface area contributed by atoms with E-state index in [1.54, 1.807) is 0 Å². The molecule has 2 nitrogen and oxygen atoms in total. The molecule has 0 aliphatic heterocycles. The van der Waals surface area contributed by atoms with Gasteiger partial charge in [-0.05, 0) is 52.2 Å². The van der Waals surface area contributed by atoms with E-state index in [-0.39, 0.29) is 0 Å². The van der Waals surface area contributed by atoms with Crippen molar-refractivity contribution in [1.82, 2.24) is 10.2 Å². The van der Waals surface area contributed by atoms with Crippen molar-refractivity contribution in [3.8, 4) is 0 Å². The summed E-state index contributed by atoms with van der Waals surface area (Å²) in [5.41, 5.74) is 0. The third-order valence-electron chi connectivity index (χ3n) is 3.51. The molecule has 0 saturated carbocycles. The van der Waals surface area contributed by atoms with Gasteiger partial charge in [-0.1, -0.05) is 27.7 Å². The van der Waals surface area contributed by atoms with E-state index in [2.05, 4.69) is 51.9 Å². The quantitative estimate of drug-likeness (QED) is 0.610. The van der Waals surface area contributed by atoms with Crippen LogP contribution in [0.2, 0.25) is 0 Å². The van der Waals surface area contributed by atoms with Crippen LogP contribution in [0.15, 0.2) is 0 Å². The van der Waals surface area contributed by atoms with Gasteiger partial charge in [-0.3, -0.25) is 0 Å². The largest absolute Gasteiger partial charge is 0.316 e. The molecule has 0 aromatic heterocycles. The second kappa shape index (κ2) is 9.00. The van der Waals surface area contributed by atoms with Gasteiger partial charge in [0, 0.05) is 12.1 Å². The lowest BCUT2D eigenvalue weighted by Gasteiger charge is -2.32. The first-order valence-electron chi connectivity index (χ1n) is 6.95. The van der Waals surface area contributed by atoms with E-state index in [1.807, 2.05) is 0 Å². The summed E-state index contributed by atoms with van der Waals surface area (Å²) in [5, 5.41) is 3.52. The van der Waals surface area contributed by atoms with E-state index in [0.717, 1.165) is 25.0 Å². The van der Waals surface area contributed by atoms with Crippen LogP contribution in [-0.4, -0.2) is 37.1 Å². The van der Waals surface area contributed by atoms with E-state index in [0.29, 0.717) is 6.04 Å². The molecule has 0 spiro atoms. The summed E-state index contributed by atoms with van der Waals surface area (Å²) in [6.07, 6.45) is 3.77. The van der Waals surface area contributed by atoms with Crippen LogP contribution in [-0.2, 0) is 0 Å². The van der Waals surface area contributed by atoms with E-state index >= 15 is 0 Å². The van der Waals surface area contributed by atoms with Crippen LogP contribution >= 0.6 is 0 Å². The van der Waals surface area contributed by atoms with Crippen molar-refractivity contribution in [1.29, 1.82) is 0 Å². The molecule has 98 valence electrons. The lowest BCUT2D eigenvalue weighted by molar-refractivity contribution is 0.166. The normalized spacial score (nSPS) is 14.1. The van der Waals surface area contributed by atoms with Gasteiger partial charge in [0.15, 0.2) is 0 Å². The highest BCUT2D eigenvalue weighted by atomic mass is 15.2. The van der Waals surface area contributed by atoms with Gasteiger partial charge < -0.3 is 10.2 Å². The molecule has 0 saturated heterocycles. The summed E-state index contributed by atoms with van der Waals surface area (Å²) in [7, 11) is 2.27. The molecule has 0 fully saturated rings. The molecule has 1 unspecified atom stereocenters. The molecule has 0 bridgehead atoms. The summed E-state index contributed by atoms with van der Waals surface area (Å²) >= 11 is 0. The van der Waals surface area contributed by atoms with Crippen molar-refractivity contribution in [2.45, 2.75) is 66.0 Å². The molecule has 16 heavy (non-hydrogen) atoms. The molecule has 0 aromatic rings. The third-order valence-corrected chi connectivity index (χ3v) is 3.51. The van der Waals surface area contributed by atoms with Crippen molar-refractivity contribution in [2.75, 3.05) is 20.1 Å². The Bertz CT molecular complexity index is 153. The Balaban J connectivity index is 3.73. The Labute approximate surface area is 103 Å². The third kappa shape index (κ3) is 6.49. The minimum atomic E-state index is 0.685. The Morgan fingerprint density at radius 2 is 1.62 bits per heavy atom. The Morgan fingerprint density at radius 1 is 1.06 bits per heavy atom. The van der Waals surface area contributed by atoms with Crippen LogP contribution in [0.1, 0.15) is 53.9 Å². The maximum Gasteiger partial charge on any atom is 0.00897 e. The van der Waals surface area contributed by atoms with Gasteiger partial charge in [0.2, 0.25) is 0 Å². The topological polar surface area (TPSA) is 15.3 Å². The van der Waals surface area contributed by atoms with Crippen molar-refractivity contribution in [3.05, 3.63) is 0 Å². The van der Waals surface area contributed by atoms with Crippen LogP contribution in [0.25, 0.3) is 0 Å². The minimum absolute atomic E-state index is 0.685. The van der Waals surface area contributed by atoms with Gasteiger partial charge in [0.1, 0.15) is 0 Å². The number of nitrogens with zero attached hydrogens (tertiary/aromatic N) is 1. The number of hydrogen-bond acceptors (Lipinski definition) is 2. The van der Waals surface area contributed by atoms with Gasteiger partial charge in [-0.2, -0.15) is 0 Å². The van der Waals surface area contributed by atoms with Crippen molar-refractivity contribution < 1.29 is 0 Å². The SMILES string of the molecule is CCC(CC)N(C)C(C)CCNCC(C)C. The maximum atomic E-state index is 3.52. The zero-order valence-electron chi connectivity index (χ0n) is 12.2. The molecule has 1 atom stereocenters. The zero-order valence-corrected chi connectivity index (χ0v) is 12.2. The number of nitrogens with one attached hydrogen (secondary N) is 1. The molecule has 0 rings (SSSR count). The first-order chi connectivity index (χ1) is 7.52. The van der Waals surface area contributed by atoms with Crippen molar-refractivity contribution in [2.24, 2.45) is 5.92 Å². The molecular formula is C14H32N2. The highest BCUT2D eigenvalue weighted by Crippen LogP contribution is 2.11. The average Bonchev–Trinajstić information content (AvgIpc) is 2.25. The highest BCUT2D eigenvalue weighted by molar-refractivity contribution is 4.72. The van der Waals surface area contributed by atoms with E-state index < -0.39 is 0 Å². The fourth-order valence-corrected chi connectivity index (χ4v) is 2.13. The molecule has 0 aliphatic carbocycles. The lowest BCUT2D eigenvalue weighted by Crippen LogP contribution is -2.39. The molecule has 1 N–H and O–H groups in total. The molecule has 0 radical (unpaired) electrons. The summed E-state index contributed by atoms with van der Waals surface area (Å²) < 4.78 is 0. The number of hydrogen-bond donors (Lipinski definition) is 1. The molecule has 0 aliphatic rings. The molecule has 0 heterocycles.